The molecule has 1 fully saturated rings. The number of nitrogens with two attached hydrogens (primary N) is 1. The van der Waals surface area contributed by atoms with E-state index in [2.05, 4.69) is 26.1 Å². The Kier molecular flexibility index (Phi) is 9.72. The first kappa shape index (κ1) is 32.7. The second kappa shape index (κ2) is 12.8. The number of halogens is 2. The number of nitrogen functional groups attached to an aromatic ring is 1. The number of nitriles is 1. The third kappa shape index (κ3) is 6.81. The van der Waals surface area contributed by atoms with Crippen molar-refractivity contribution in [1.29, 1.82) is 5.26 Å². The summed E-state index contributed by atoms with van der Waals surface area (Å²) >= 11 is 12.1. The molecule has 0 spiro atoms. The monoisotopic (exact) mass is 657 g/mol. The van der Waals surface area contributed by atoms with E-state index in [1.807, 2.05) is 0 Å². The predicted molar refractivity (Wildman–Crippen MR) is 154 cm³/mol. The van der Waals surface area contributed by atoms with Crippen LogP contribution in [0.25, 0.3) is 11.2 Å². The number of rotatable bonds is 11. The highest BCUT2D eigenvalue weighted by Gasteiger charge is 2.56. The normalized spacial score (nSPS) is 24.0. The molecule has 3 heterocycles. The van der Waals surface area contributed by atoms with Crippen LogP contribution in [0.4, 0.5) is 5.95 Å². The highest BCUT2D eigenvalue weighted by Crippen LogP contribution is 2.50. The summed E-state index contributed by atoms with van der Waals surface area (Å²) in [7, 11) is -3.01. The maximum atomic E-state index is 14.0. The molecule has 2 aromatic heterocycles. The highest BCUT2D eigenvalue weighted by atomic mass is 35.5. The topological polar surface area (TPSA) is 206 Å². The van der Waals surface area contributed by atoms with E-state index in [9.17, 15) is 19.7 Å². The van der Waals surface area contributed by atoms with Crippen LogP contribution in [0.15, 0.2) is 24.5 Å². The average Bonchev–Trinajstić information content (AvgIpc) is 3.47. The molecule has 18 heteroatoms. The SMILES string of the molecule is COc1nc(N)nc2c1ncn2[C@@H]1O[C@H](COP(=O)(N[C@@H](C)C(=O)OC(C)C)Oc2ccc(Cl)c(Cl)c2)[C@@H](O)[C@@]1(C)C#N. The van der Waals surface area contributed by atoms with E-state index in [-0.39, 0.29) is 38.8 Å². The molecule has 15 nitrogen and oxygen atoms in total. The van der Waals surface area contributed by atoms with Crippen LogP contribution >= 0.6 is 30.9 Å². The minimum absolute atomic E-state index is 0.0124. The first-order chi connectivity index (χ1) is 20.2. The lowest BCUT2D eigenvalue weighted by Gasteiger charge is -2.26. The molecule has 0 radical (unpaired) electrons. The number of fused-ring (bicyclic) bond motifs is 1. The van der Waals surface area contributed by atoms with Crippen molar-refractivity contribution in [2.24, 2.45) is 5.41 Å². The summed E-state index contributed by atoms with van der Waals surface area (Å²) in [5.41, 5.74) is 4.70. The molecule has 1 aliphatic heterocycles. The Hall–Kier alpha value is -3.22. The van der Waals surface area contributed by atoms with Gasteiger partial charge in [0, 0.05) is 6.07 Å². The van der Waals surface area contributed by atoms with Gasteiger partial charge < -0.3 is 29.6 Å². The lowest BCUT2D eigenvalue weighted by molar-refractivity contribution is -0.149. The van der Waals surface area contributed by atoms with Crippen LogP contribution in [-0.2, 0) is 23.4 Å². The largest absolute Gasteiger partial charge is 0.479 e. The molecule has 1 unspecified atom stereocenters. The molecule has 0 bridgehead atoms. The fourth-order valence-corrected chi connectivity index (χ4v) is 6.08. The first-order valence-corrected chi connectivity index (χ1v) is 15.2. The number of aromatic nitrogens is 4. The van der Waals surface area contributed by atoms with Gasteiger partial charge in [0.05, 0.1) is 42.3 Å². The van der Waals surface area contributed by atoms with E-state index in [1.54, 1.807) is 13.8 Å². The van der Waals surface area contributed by atoms with Crippen molar-refractivity contribution in [3.8, 4) is 17.7 Å². The number of hydrogen-bond acceptors (Lipinski definition) is 13. The van der Waals surface area contributed by atoms with Crippen LogP contribution in [0.5, 0.6) is 11.6 Å². The summed E-state index contributed by atoms with van der Waals surface area (Å²) in [5.74, 6) is -0.706. The molecular formula is C25H30Cl2N7O8P. The van der Waals surface area contributed by atoms with E-state index in [1.165, 1.54) is 50.1 Å². The van der Waals surface area contributed by atoms with Crippen molar-refractivity contribution in [2.45, 2.75) is 58.3 Å². The molecule has 1 aromatic carbocycles. The van der Waals surface area contributed by atoms with Crippen LogP contribution in [0.3, 0.4) is 0 Å². The summed E-state index contributed by atoms with van der Waals surface area (Å²) in [4.78, 5) is 24.9. The summed E-state index contributed by atoms with van der Waals surface area (Å²) in [6.07, 6.45) is -2.90. The molecule has 0 saturated carbocycles. The Bertz CT molecular complexity index is 1600. The predicted octanol–water partition coefficient (Wildman–Crippen LogP) is 3.65. The third-order valence-electron chi connectivity index (χ3n) is 6.46. The number of benzene rings is 1. The van der Waals surface area contributed by atoms with Crippen molar-refractivity contribution < 1.29 is 37.7 Å². The number of esters is 1. The number of ether oxygens (including phenoxy) is 3. The van der Waals surface area contributed by atoms with Crippen LogP contribution in [0, 0.1) is 16.7 Å². The molecule has 43 heavy (non-hydrogen) atoms. The van der Waals surface area contributed by atoms with Gasteiger partial charge in [0.1, 0.15) is 29.4 Å². The smallest absolute Gasteiger partial charge is 0.459 e. The fourth-order valence-electron chi connectivity index (χ4n) is 4.30. The van der Waals surface area contributed by atoms with Gasteiger partial charge in [0.2, 0.25) is 11.8 Å². The lowest BCUT2D eigenvalue weighted by atomic mass is 9.84. The number of carbonyl (C=O) groups excluding carboxylic acids is 1. The fraction of sp³-hybridized carbons (Fsp3) is 0.480. The van der Waals surface area contributed by atoms with Gasteiger partial charge in [-0.3, -0.25) is 13.9 Å². The Morgan fingerprint density at radius 1 is 1.33 bits per heavy atom. The zero-order valence-corrected chi connectivity index (χ0v) is 26.1. The molecule has 0 aliphatic carbocycles. The number of imidazole rings is 1. The molecular weight excluding hydrogens is 628 g/mol. The van der Waals surface area contributed by atoms with E-state index in [4.69, 9.17) is 52.2 Å². The number of aliphatic hydroxyl groups excluding tert-OH is 1. The Morgan fingerprint density at radius 2 is 2.05 bits per heavy atom. The lowest BCUT2D eigenvalue weighted by Crippen LogP contribution is -2.39. The van der Waals surface area contributed by atoms with Crippen LogP contribution in [-0.4, -0.2) is 68.7 Å². The van der Waals surface area contributed by atoms with Gasteiger partial charge in [-0.15, -0.1) is 0 Å². The number of anilines is 1. The molecule has 3 aromatic rings. The van der Waals surface area contributed by atoms with Crippen molar-refractivity contribution in [3.05, 3.63) is 34.6 Å². The molecule has 4 N–H and O–H groups in total. The van der Waals surface area contributed by atoms with E-state index >= 15 is 0 Å². The average molecular weight is 658 g/mol. The maximum Gasteiger partial charge on any atom is 0.459 e. The van der Waals surface area contributed by atoms with Crippen molar-refractivity contribution >= 4 is 54.0 Å². The minimum Gasteiger partial charge on any atom is -0.479 e. The summed E-state index contributed by atoms with van der Waals surface area (Å²) < 4.78 is 43.2. The summed E-state index contributed by atoms with van der Waals surface area (Å²) in [6.45, 7) is 5.67. The molecule has 4 rings (SSSR count). The van der Waals surface area contributed by atoms with Gasteiger partial charge in [-0.2, -0.15) is 20.3 Å². The standard InChI is InChI=1S/C25H30Cl2N7O8P/c1-12(2)40-22(36)13(3)33-43(37,42-14-6-7-15(26)16(27)8-14)39-9-17-19(35)25(4,10-28)23(41-17)34-11-30-18-20(34)31-24(29)32-21(18)38-5/h6-8,11-13,17,19,23,35H,9H2,1-5H3,(H,33,37)(H2,29,31,32)/t13-,17+,19+,23+,25+,43?/m0/s1. The number of hydrogen-bond donors (Lipinski definition) is 3. The second-order valence-corrected chi connectivity index (χ2v) is 12.6. The van der Waals surface area contributed by atoms with Crippen LogP contribution in [0.2, 0.25) is 10.0 Å². The number of methoxy groups -OCH3 is 1. The van der Waals surface area contributed by atoms with Gasteiger partial charge in [-0.1, -0.05) is 23.2 Å². The number of carbonyl (C=O) groups is 1. The first-order valence-electron chi connectivity index (χ1n) is 12.9. The van der Waals surface area contributed by atoms with Gasteiger partial charge in [-0.05, 0) is 39.8 Å². The van der Waals surface area contributed by atoms with Crippen molar-refractivity contribution in [3.63, 3.8) is 0 Å². The quantitative estimate of drug-likeness (QED) is 0.199. The minimum atomic E-state index is -4.39. The number of nitrogens with one attached hydrogen (secondary N) is 1. The Balaban J connectivity index is 1.62. The zero-order chi connectivity index (χ0) is 31.7. The van der Waals surface area contributed by atoms with Crippen LogP contribution < -0.4 is 20.1 Å². The van der Waals surface area contributed by atoms with E-state index < -0.39 is 56.3 Å². The van der Waals surface area contributed by atoms with Gasteiger partial charge in [0.25, 0.3) is 0 Å². The Morgan fingerprint density at radius 3 is 2.67 bits per heavy atom. The number of aliphatic hydroxyl groups is 1. The summed E-state index contributed by atoms with van der Waals surface area (Å²) in [6, 6.07) is 5.09. The molecule has 0 amide bonds. The number of nitrogens with zero attached hydrogens (tertiary/aromatic N) is 5. The molecule has 6 atom stereocenters. The summed E-state index contributed by atoms with van der Waals surface area (Å²) in [5, 5.41) is 24.2. The zero-order valence-electron chi connectivity index (χ0n) is 23.7. The Labute approximate surface area is 256 Å². The van der Waals surface area contributed by atoms with Crippen molar-refractivity contribution in [2.75, 3.05) is 19.5 Å². The van der Waals surface area contributed by atoms with Gasteiger partial charge in [-0.25, -0.2) is 9.55 Å². The molecule has 232 valence electrons. The maximum absolute atomic E-state index is 14.0. The van der Waals surface area contributed by atoms with Gasteiger partial charge >= 0.3 is 13.7 Å². The van der Waals surface area contributed by atoms with E-state index in [0.29, 0.717) is 0 Å². The van der Waals surface area contributed by atoms with Crippen molar-refractivity contribution in [1.82, 2.24) is 24.6 Å². The van der Waals surface area contributed by atoms with Gasteiger partial charge in [0.15, 0.2) is 17.4 Å². The molecule has 1 aliphatic rings. The molecule has 1 saturated heterocycles. The van der Waals surface area contributed by atoms with Crippen LogP contribution in [0.1, 0.15) is 33.9 Å². The highest BCUT2D eigenvalue weighted by molar-refractivity contribution is 7.52. The third-order valence-corrected chi connectivity index (χ3v) is 8.84. The second-order valence-electron chi connectivity index (χ2n) is 10.1. The van der Waals surface area contributed by atoms with E-state index in [0.717, 1.165) is 0 Å².